The van der Waals surface area contributed by atoms with E-state index in [1.807, 2.05) is 42.5 Å². The summed E-state index contributed by atoms with van der Waals surface area (Å²) in [6.07, 6.45) is 1.22. The quantitative estimate of drug-likeness (QED) is 0.831. The van der Waals surface area contributed by atoms with Crippen molar-refractivity contribution in [2.75, 3.05) is 13.7 Å². The summed E-state index contributed by atoms with van der Waals surface area (Å²) in [6, 6.07) is 13.4. The standard InChI is InChI=1S/C15H18N2O2/c1-19-15-9-12(7-8-17-15)10-16-11-14(18)13-5-3-2-4-6-13/h2-9,14,16,18H,10-11H2,1H3. The van der Waals surface area contributed by atoms with Crippen molar-refractivity contribution in [3.8, 4) is 5.88 Å². The first kappa shape index (κ1) is 13.5. The molecule has 0 aliphatic carbocycles. The van der Waals surface area contributed by atoms with E-state index in [-0.39, 0.29) is 0 Å². The van der Waals surface area contributed by atoms with Crippen LogP contribution in [0.4, 0.5) is 0 Å². The lowest BCUT2D eigenvalue weighted by atomic mass is 10.1. The van der Waals surface area contributed by atoms with Crippen molar-refractivity contribution in [3.05, 3.63) is 59.8 Å². The molecule has 2 N–H and O–H groups in total. The van der Waals surface area contributed by atoms with Gasteiger partial charge in [-0.25, -0.2) is 4.98 Å². The van der Waals surface area contributed by atoms with E-state index < -0.39 is 6.10 Å². The molecule has 4 nitrogen and oxygen atoms in total. The number of pyridine rings is 1. The van der Waals surface area contributed by atoms with Crippen LogP contribution < -0.4 is 10.1 Å². The van der Waals surface area contributed by atoms with Crippen molar-refractivity contribution < 1.29 is 9.84 Å². The topological polar surface area (TPSA) is 54.4 Å². The number of hydrogen-bond acceptors (Lipinski definition) is 4. The van der Waals surface area contributed by atoms with Crippen molar-refractivity contribution in [1.29, 1.82) is 0 Å². The number of rotatable bonds is 6. The first-order valence-corrected chi connectivity index (χ1v) is 6.22. The van der Waals surface area contributed by atoms with Gasteiger partial charge in [-0.2, -0.15) is 0 Å². The molecule has 0 saturated carbocycles. The van der Waals surface area contributed by atoms with Gasteiger partial charge >= 0.3 is 0 Å². The number of hydrogen-bond donors (Lipinski definition) is 2. The summed E-state index contributed by atoms with van der Waals surface area (Å²) in [5.74, 6) is 0.600. The summed E-state index contributed by atoms with van der Waals surface area (Å²) in [4.78, 5) is 4.05. The predicted octanol–water partition coefficient (Wildman–Crippen LogP) is 1.91. The lowest BCUT2D eigenvalue weighted by molar-refractivity contribution is 0.174. The Morgan fingerprint density at radius 1 is 1.26 bits per heavy atom. The van der Waals surface area contributed by atoms with Gasteiger partial charge in [-0.05, 0) is 17.2 Å². The molecule has 0 fully saturated rings. The highest BCUT2D eigenvalue weighted by Gasteiger charge is 2.06. The van der Waals surface area contributed by atoms with Gasteiger partial charge in [-0.3, -0.25) is 0 Å². The van der Waals surface area contributed by atoms with Crippen LogP contribution in [0.1, 0.15) is 17.2 Å². The molecular weight excluding hydrogens is 240 g/mol. The molecule has 4 heteroatoms. The second kappa shape index (κ2) is 6.87. The summed E-state index contributed by atoms with van der Waals surface area (Å²) < 4.78 is 5.06. The Kier molecular flexibility index (Phi) is 4.89. The maximum Gasteiger partial charge on any atom is 0.213 e. The van der Waals surface area contributed by atoms with E-state index in [2.05, 4.69) is 10.3 Å². The number of methoxy groups -OCH3 is 1. The highest BCUT2D eigenvalue weighted by atomic mass is 16.5. The third-order valence-electron chi connectivity index (χ3n) is 2.86. The molecule has 19 heavy (non-hydrogen) atoms. The monoisotopic (exact) mass is 258 g/mol. The van der Waals surface area contributed by atoms with Crippen LogP contribution in [0.5, 0.6) is 5.88 Å². The number of nitrogens with one attached hydrogen (secondary N) is 1. The summed E-state index contributed by atoms with van der Waals surface area (Å²) in [5, 5.41) is 13.2. The Morgan fingerprint density at radius 3 is 2.79 bits per heavy atom. The SMILES string of the molecule is COc1cc(CNCC(O)c2ccccc2)ccn1. The molecule has 1 unspecified atom stereocenters. The third kappa shape index (κ3) is 4.05. The van der Waals surface area contributed by atoms with Crippen molar-refractivity contribution in [3.63, 3.8) is 0 Å². The van der Waals surface area contributed by atoms with Gasteiger partial charge in [-0.1, -0.05) is 30.3 Å². The van der Waals surface area contributed by atoms with E-state index in [0.717, 1.165) is 11.1 Å². The predicted molar refractivity (Wildman–Crippen MR) is 73.9 cm³/mol. The van der Waals surface area contributed by atoms with E-state index in [4.69, 9.17) is 4.74 Å². The molecule has 0 spiro atoms. The minimum atomic E-state index is -0.495. The van der Waals surface area contributed by atoms with E-state index in [0.29, 0.717) is 19.0 Å². The maximum absolute atomic E-state index is 10.00. The van der Waals surface area contributed by atoms with Crippen LogP contribution in [0, 0.1) is 0 Å². The number of aliphatic hydroxyl groups excluding tert-OH is 1. The smallest absolute Gasteiger partial charge is 0.213 e. The molecule has 1 atom stereocenters. The lowest BCUT2D eigenvalue weighted by Gasteiger charge is -2.12. The number of nitrogens with zero attached hydrogens (tertiary/aromatic N) is 1. The highest BCUT2D eigenvalue weighted by Crippen LogP contribution is 2.12. The Balaban J connectivity index is 1.83. The third-order valence-corrected chi connectivity index (χ3v) is 2.86. The van der Waals surface area contributed by atoms with Gasteiger partial charge in [0.2, 0.25) is 5.88 Å². The minimum absolute atomic E-state index is 0.495. The number of aromatic nitrogens is 1. The molecule has 2 aromatic rings. The van der Waals surface area contributed by atoms with Gasteiger partial charge in [-0.15, -0.1) is 0 Å². The zero-order valence-corrected chi connectivity index (χ0v) is 10.9. The maximum atomic E-state index is 10.00. The molecule has 0 saturated heterocycles. The number of benzene rings is 1. The average Bonchev–Trinajstić information content (AvgIpc) is 2.48. The van der Waals surface area contributed by atoms with Gasteiger partial charge < -0.3 is 15.2 Å². The second-order valence-electron chi connectivity index (χ2n) is 4.26. The van der Waals surface area contributed by atoms with Gasteiger partial charge in [0.1, 0.15) is 0 Å². The molecule has 2 rings (SSSR count). The summed E-state index contributed by atoms with van der Waals surface area (Å²) >= 11 is 0. The van der Waals surface area contributed by atoms with Crippen molar-refractivity contribution in [1.82, 2.24) is 10.3 Å². The minimum Gasteiger partial charge on any atom is -0.481 e. The van der Waals surface area contributed by atoms with E-state index in [1.165, 1.54) is 0 Å². The largest absolute Gasteiger partial charge is 0.481 e. The fourth-order valence-corrected chi connectivity index (χ4v) is 1.82. The zero-order valence-electron chi connectivity index (χ0n) is 10.9. The van der Waals surface area contributed by atoms with Gasteiger partial charge in [0.05, 0.1) is 13.2 Å². The van der Waals surface area contributed by atoms with E-state index in [1.54, 1.807) is 13.3 Å². The normalized spacial score (nSPS) is 12.1. The molecule has 0 bridgehead atoms. The van der Waals surface area contributed by atoms with Crippen LogP contribution in [-0.2, 0) is 6.54 Å². The van der Waals surface area contributed by atoms with Crippen LogP contribution in [0.3, 0.4) is 0 Å². The van der Waals surface area contributed by atoms with Crippen molar-refractivity contribution in [2.24, 2.45) is 0 Å². The van der Waals surface area contributed by atoms with Crippen LogP contribution in [-0.4, -0.2) is 23.7 Å². The fourth-order valence-electron chi connectivity index (χ4n) is 1.82. The summed E-state index contributed by atoms with van der Waals surface area (Å²) in [7, 11) is 1.60. The Bertz CT molecular complexity index is 503. The molecule has 1 aromatic carbocycles. The Morgan fingerprint density at radius 2 is 2.05 bits per heavy atom. The van der Waals surface area contributed by atoms with Crippen molar-refractivity contribution >= 4 is 0 Å². The molecule has 0 aliphatic rings. The lowest BCUT2D eigenvalue weighted by Crippen LogP contribution is -2.21. The number of aliphatic hydroxyl groups is 1. The van der Waals surface area contributed by atoms with Crippen LogP contribution in [0.25, 0.3) is 0 Å². The first-order valence-electron chi connectivity index (χ1n) is 6.22. The fraction of sp³-hybridized carbons (Fsp3) is 0.267. The highest BCUT2D eigenvalue weighted by molar-refractivity contribution is 5.20. The van der Waals surface area contributed by atoms with E-state index >= 15 is 0 Å². The van der Waals surface area contributed by atoms with Gasteiger partial charge in [0, 0.05) is 25.4 Å². The molecule has 0 radical (unpaired) electrons. The molecular formula is C15H18N2O2. The zero-order chi connectivity index (χ0) is 13.5. The molecule has 0 amide bonds. The van der Waals surface area contributed by atoms with Crippen LogP contribution >= 0.6 is 0 Å². The Labute approximate surface area is 113 Å². The van der Waals surface area contributed by atoms with Crippen LogP contribution in [0.2, 0.25) is 0 Å². The average molecular weight is 258 g/mol. The number of ether oxygens (including phenoxy) is 1. The van der Waals surface area contributed by atoms with Crippen molar-refractivity contribution in [2.45, 2.75) is 12.6 Å². The summed E-state index contributed by atoms with van der Waals surface area (Å²) in [5.41, 5.74) is 1.99. The van der Waals surface area contributed by atoms with Gasteiger partial charge in [0.25, 0.3) is 0 Å². The molecule has 100 valence electrons. The summed E-state index contributed by atoms with van der Waals surface area (Å²) in [6.45, 7) is 1.18. The van der Waals surface area contributed by atoms with Crippen LogP contribution in [0.15, 0.2) is 48.7 Å². The van der Waals surface area contributed by atoms with Gasteiger partial charge in [0.15, 0.2) is 0 Å². The molecule has 1 heterocycles. The Hall–Kier alpha value is -1.91. The molecule has 1 aromatic heterocycles. The first-order chi connectivity index (χ1) is 9.29. The molecule has 0 aliphatic heterocycles. The van der Waals surface area contributed by atoms with E-state index in [9.17, 15) is 5.11 Å². The second-order valence-corrected chi connectivity index (χ2v) is 4.26.